The van der Waals surface area contributed by atoms with Gasteiger partial charge in [0.1, 0.15) is 0 Å². The van der Waals surface area contributed by atoms with Crippen molar-refractivity contribution in [3.05, 3.63) is 17.8 Å². The molecule has 0 amide bonds. The lowest BCUT2D eigenvalue weighted by Gasteiger charge is -2.31. The Morgan fingerprint density at radius 2 is 1.94 bits per heavy atom. The van der Waals surface area contributed by atoms with Gasteiger partial charge < -0.3 is 9.80 Å². The summed E-state index contributed by atoms with van der Waals surface area (Å²) in [7, 11) is 2.23. The number of likely N-dealkylation sites (tertiary alicyclic amines) is 1. The van der Waals surface area contributed by atoms with Gasteiger partial charge in [-0.05, 0) is 50.9 Å². The molecule has 2 fully saturated rings. The molecule has 0 aliphatic carbocycles. The van der Waals surface area contributed by atoms with Crippen LogP contribution in [-0.2, 0) is 0 Å². The van der Waals surface area contributed by atoms with Crippen LogP contribution in [0.1, 0.15) is 12.1 Å². The Morgan fingerprint density at radius 3 is 2.71 bits per heavy atom. The number of aryl methyl sites for hydroxylation is 1. The highest BCUT2D eigenvalue weighted by molar-refractivity contribution is 5.39. The fourth-order valence-electron chi connectivity index (χ4n) is 3.10. The molecule has 2 aliphatic rings. The molecule has 3 heterocycles. The van der Waals surface area contributed by atoms with Gasteiger partial charge in [0.2, 0.25) is 0 Å². The van der Waals surface area contributed by atoms with Crippen molar-refractivity contribution in [2.24, 2.45) is 11.8 Å². The molecule has 0 bridgehead atoms. The zero-order valence-electron chi connectivity index (χ0n) is 10.6. The molecular formula is C13H20N4. The highest BCUT2D eigenvalue weighted by Crippen LogP contribution is 2.32. The molecule has 0 N–H and O–H groups in total. The highest BCUT2D eigenvalue weighted by Gasteiger charge is 2.36. The van der Waals surface area contributed by atoms with E-state index in [-0.39, 0.29) is 0 Å². The molecule has 3 rings (SSSR count). The van der Waals surface area contributed by atoms with Crippen LogP contribution >= 0.6 is 0 Å². The zero-order chi connectivity index (χ0) is 11.8. The quantitative estimate of drug-likeness (QED) is 0.727. The fraction of sp³-hybridized carbons (Fsp3) is 0.692. The fourth-order valence-corrected chi connectivity index (χ4v) is 3.10. The van der Waals surface area contributed by atoms with E-state index in [0.717, 1.165) is 36.4 Å². The van der Waals surface area contributed by atoms with Gasteiger partial charge in [-0.3, -0.25) is 0 Å². The van der Waals surface area contributed by atoms with Crippen LogP contribution in [0.4, 0.5) is 5.82 Å². The lowest BCUT2D eigenvalue weighted by Crippen LogP contribution is -2.37. The summed E-state index contributed by atoms with van der Waals surface area (Å²) in [6, 6.07) is 4.15. The molecule has 92 valence electrons. The van der Waals surface area contributed by atoms with Gasteiger partial charge in [0.15, 0.2) is 5.82 Å². The van der Waals surface area contributed by atoms with Gasteiger partial charge in [-0.25, -0.2) is 0 Å². The van der Waals surface area contributed by atoms with Crippen LogP contribution in [0.2, 0.25) is 0 Å². The second-order valence-corrected chi connectivity index (χ2v) is 5.51. The average molecular weight is 232 g/mol. The Bertz CT molecular complexity index is 389. The van der Waals surface area contributed by atoms with Gasteiger partial charge >= 0.3 is 0 Å². The minimum Gasteiger partial charge on any atom is -0.355 e. The van der Waals surface area contributed by atoms with Gasteiger partial charge in [-0.1, -0.05) is 0 Å². The second kappa shape index (κ2) is 4.26. The number of anilines is 1. The van der Waals surface area contributed by atoms with Crippen LogP contribution in [0.25, 0.3) is 0 Å². The first-order valence-electron chi connectivity index (χ1n) is 6.46. The number of hydrogen-bond donors (Lipinski definition) is 0. The van der Waals surface area contributed by atoms with Crippen LogP contribution < -0.4 is 4.90 Å². The van der Waals surface area contributed by atoms with Crippen LogP contribution in [-0.4, -0.2) is 48.3 Å². The normalized spacial score (nSPS) is 29.4. The van der Waals surface area contributed by atoms with Crippen molar-refractivity contribution in [3.63, 3.8) is 0 Å². The summed E-state index contributed by atoms with van der Waals surface area (Å²) < 4.78 is 0. The molecule has 0 radical (unpaired) electrons. The van der Waals surface area contributed by atoms with E-state index in [1.54, 1.807) is 0 Å². The molecule has 2 saturated heterocycles. The van der Waals surface area contributed by atoms with E-state index in [4.69, 9.17) is 0 Å². The molecule has 0 saturated carbocycles. The van der Waals surface area contributed by atoms with Gasteiger partial charge in [-0.2, -0.15) is 5.10 Å². The Labute approximate surface area is 103 Å². The Morgan fingerprint density at radius 1 is 1.12 bits per heavy atom. The molecule has 0 aromatic carbocycles. The molecule has 1 aromatic rings. The molecule has 0 spiro atoms. The molecular weight excluding hydrogens is 212 g/mol. The van der Waals surface area contributed by atoms with E-state index >= 15 is 0 Å². The third-order valence-corrected chi connectivity index (χ3v) is 4.11. The first kappa shape index (κ1) is 11.0. The van der Waals surface area contributed by atoms with Crippen LogP contribution in [0, 0.1) is 18.8 Å². The monoisotopic (exact) mass is 232 g/mol. The van der Waals surface area contributed by atoms with E-state index in [1.165, 1.54) is 19.5 Å². The zero-order valence-corrected chi connectivity index (χ0v) is 10.6. The molecule has 2 aliphatic heterocycles. The maximum Gasteiger partial charge on any atom is 0.151 e. The maximum atomic E-state index is 4.30. The summed E-state index contributed by atoms with van der Waals surface area (Å²) >= 11 is 0. The first-order chi connectivity index (χ1) is 8.22. The van der Waals surface area contributed by atoms with Crippen LogP contribution in [0.15, 0.2) is 12.1 Å². The number of rotatable bonds is 1. The Balaban J connectivity index is 1.73. The highest BCUT2D eigenvalue weighted by atomic mass is 15.3. The van der Waals surface area contributed by atoms with E-state index in [0.29, 0.717) is 0 Å². The molecule has 4 nitrogen and oxygen atoms in total. The van der Waals surface area contributed by atoms with E-state index < -0.39 is 0 Å². The number of hydrogen-bond acceptors (Lipinski definition) is 4. The van der Waals surface area contributed by atoms with Crippen molar-refractivity contribution in [1.82, 2.24) is 15.1 Å². The van der Waals surface area contributed by atoms with Gasteiger partial charge in [-0.15, -0.1) is 5.10 Å². The second-order valence-electron chi connectivity index (χ2n) is 5.51. The standard InChI is InChI=1S/C13H20N4/c1-10-3-4-13(15-14-10)17-8-11-5-6-16(2)7-12(11)9-17/h3-4,11-12H,5-9H2,1-2H3/t11-,12+/m0/s1. The summed E-state index contributed by atoms with van der Waals surface area (Å²) in [6.45, 7) is 6.77. The average Bonchev–Trinajstić information content (AvgIpc) is 2.72. The Hall–Kier alpha value is -1.16. The summed E-state index contributed by atoms with van der Waals surface area (Å²) in [5.74, 6) is 2.72. The summed E-state index contributed by atoms with van der Waals surface area (Å²) in [6.07, 6.45) is 1.33. The summed E-state index contributed by atoms with van der Waals surface area (Å²) in [5, 5.41) is 8.45. The predicted molar refractivity (Wildman–Crippen MR) is 68.1 cm³/mol. The van der Waals surface area contributed by atoms with E-state index in [9.17, 15) is 0 Å². The first-order valence-corrected chi connectivity index (χ1v) is 6.46. The van der Waals surface area contributed by atoms with E-state index in [2.05, 4.69) is 39.2 Å². The summed E-state index contributed by atoms with van der Waals surface area (Å²) in [5.41, 5.74) is 0.991. The molecule has 2 atom stereocenters. The topological polar surface area (TPSA) is 32.3 Å². The van der Waals surface area contributed by atoms with Crippen molar-refractivity contribution >= 4 is 5.82 Å². The lowest BCUT2D eigenvalue weighted by molar-refractivity contribution is 0.178. The Kier molecular flexibility index (Phi) is 2.74. The van der Waals surface area contributed by atoms with Crippen LogP contribution in [0.5, 0.6) is 0 Å². The molecule has 17 heavy (non-hydrogen) atoms. The molecule has 1 aromatic heterocycles. The third kappa shape index (κ3) is 2.14. The third-order valence-electron chi connectivity index (χ3n) is 4.11. The molecule has 0 unspecified atom stereocenters. The smallest absolute Gasteiger partial charge is 0.151 e. The van der Waals surface area contributed by atoms with Crippen molar-refractivity contribution < 1.29 is 0 Å². The molecule has 4 heteroatoms. The minimum absolute atomic E-state index is 0.817. The van der Waals surface area contributed by atoms with Crippen molar-refractivity contribution in [3.8, 4) is 0 Å². The summed E-state index contributed by atoms with van der Waals surface area (Å²) in [4.78, 5) is 4.85. The number of aromatic nitrogens is 2. The SMILES string of the molecule is Cc1ccc(N2C[C@H]3CN(C)CC[C@H]3C2)nn1. The van der Waals surface area contributed by atoms with Crippen molar-refractivity contribution in [2.45, 2.75) is 13.3 Å². The van der Waals surface area contributed by atoms with Gasteiger partial charge in [0.25, 0.3) is 0 Å². The van der Waals surface area contributed by atoms with E-state index in [1.807, 2.05) is 6.92 Å². The lowest BCUT2D eigenvalue weighted by atomic mass is 9.89. The minimum atomic E-state index is 0.817. The van der Waals surface area contributed by atoms with Crippen LogP contribution in [0.3, 0.4) is 0 Å². The maximum absolute atomic E-state index is 4.30. The largest absolute Gasteiger partial charge is 0.355 e. The number of piperidine rings is 1. The van der Waals surface area contributed by atoms with Gasteiger partial charge in [0, 0.05) is 19.6 Å². The number of fused-ring (bicyclic) bond motifs is 1. The number of nitrogens with zero attached hydrogens (tertiary/aromatic N) is 4. The van der Waals surface area contributed by atoms with Gasteiger partial charge in [0.05, 0.1) is 5.69 Å². The van der Waals surface area contributed by atoms with Crippen molar-refractivity contribution in [2.75, 3.05) is 38.1 Å². The predicted octanol–water partition coefficient (Wildman–Crippen LogP) is 1.17. The van der Waals surface area contributed by atoms with Crippen molar-refractivity contribution in [1.29, 1.82) is 0 Å².